The first-order valence-electron chi connectivity index (χ1n) is 9.37. The van der Waals surface area contributed by atoms with Crippen molar-refractivity contribution in [2.24, 2.45) is 5.16 Å². The summed E-state index contributed by atoms with van der Waals surface area (Å²) in [6, 6.07) is 16.1. The molecule has 0 unspecified atom stereocenters. The normalized spacial score (nSPS) is 11.2. The average molecular weight is 423 g/mol. The highest BCUT2D eigenvalue weighted by molar-refractivity contribution is 7.18. The fourth-order valence-electron chi connectivity index (χ4n) is 3.26. The Labute approximate surface area is 178 Å². The maximum absolute atomic E-state index is 13.5. The Hall–Kier alpha value is -3.45. The van der Waals surface area contributed by atoms with Gasteiger partial charge in [0, 0.05) is 22.0 Å². The molecule has 6 nitrogen and oxygen atoms in total. The monoisotopic (exact) mass is 422 g/mol. The zero-order valence-corrected chi connectivity index (χ0v) is 17.7. The molecule has 3 aromatic rings. The van der Waals surface area contributed by atoms with Crippen LogP contribution in [0.15, 0.2) is 59.8 Å². The number of amides is 1. The summed E-state index contributed by atoms with van der Waals surface area (Å²) in [6.45, 7) is 5.53. The van der Waals surface area contributed by atoms with Gasteiger partial charge in [0.05, 0.1) is 11.9 Å². The van der Waals surface area contributed by atoms with Crippen molar-refractivity contribution in [3.8, 4) is 10.4 Å². The summed E-state index contributed by atoms with van der Waals surface area (Å²) in [6.07, 6.45) is 1.21. The standard InChI is InChI=1S/C23H22N2O4S/c1-14(2)25(22(26)18-10-9-15(3)11-17(18)13-24-29)19-12-20(30-21(19)23(27)28)16-7-5-4-6-8-16/h4-14,29H,1-3H3,(H,27,28)/b24-13+. The molecule has 0 aliphatic rings. The molecule has 0 spiro atoms. The number of benzene rings is 2. The van der Waals surface area contributed by atoms with Gasteiger partial charge >= 0.3 is 5.97 Å². The number of carbonyl (C=O) groups is 2. The van der Waals surface area contributed by atoms with Crippen LogP contribution in [-0.4, -0.2) is 34.4 Å². The topological polar surface area (TPSA) is 90.2 Å². The van der Waals surface area contributed by atoms with Crippen LogP contribution < -0.4 is 4.90 Å². The number of aryl methyl sites for hydroxylation is 1. The maximum Gasteiger partial charge on any atom is 0.348 e. The smallest absolute Gasteiger partial charge is 0.348 e. The Morgan fingerprint density at radius 2 is 1.80 bits per heavy atom. The molecule has 2 aromatic carbocycles. The molecular formula is C23H22N2O4S. The maximum atomic E-state index is 13.5. The van der Waals surface area contributed by atoms with E-state index in [1.165, 1.54) is 11.1 Å². The number of hydrogen-bond acceptors (Lipinski definition) is 5. The van der Waals surface area contributed by atoms with E-state index >= 15 is 0 Å². The number of oxime groups is 1. The van der Waals surface area contributed by atoms with Gasteiger partial charge in [0.15, 0.2) is 0 Å². The number of hydrogen-bond donors (Lipinski definition) is 2. The van der Waals surface area contributed by atoms with E-state index in [1.54, 1.807) is 24.3 Å². The third-order valence-corrected chi connectivity index (χ3v) is 5.76. The van der Waals surface area contributed by atoms with Crippen molar-refractivity contribution in [1.82, 2.24) is 0 Å². The van der Waals surface area contributed by atoms with Gasteiger partial charge in [-0.25, -0.2) is 4.79 Å². The van der Waals surface area contributed by atoms with Crippen molar-refractivity contribution in [3.05, 3.63) is 76.2 Å². The van der Waals surface area contributed by atoms with Gasteiger partial charge in [0.25, 0.3) is 5.91 Å². The number of carbonyl (C=O) groups excluding carboxylic acids is 1. The summed E-state index contributed by atoms with van der Waals surface area (Å²) >= 11 is 1.14. The van der Waals surface area contributed by atoms with Gasteiger partial charge in [-0.1, -0.05) is 47.1 Å². The van der Waals surface area contributed by atoms with E-state index in [4.69, 9.17) is 5.21 Å². The van der Waals surface area contributed by atoms with Crippen molar-refractivity contribution in [3.63, 3.8) is 0 Å². The van der Waals surface area contributed by atoms with Gasteiger partial charge in [-0.15, -0.1) is 11.3 Å². The van der Waals surface area contributed by atoms with Crippen LogP contribution in [0.5, 0.6) is 0 Å². The fourth-order valence-corrected chi connectivity index (χ4v) is 4.25. The highest BCUT2D eigenvalue weighted by atomic mass is 32.1. The van der Waals surface area contributed by atoms with Crippen LogP contribution >= 0.6 is 11.3 Å². The molecular weight excluding hydrogens is 400 g/mol. The fraction of sp³-hybridized carbons (Fsp3) is 0.174. The van der Waals surface area contributed by atoms with E-state index in [1.807, 2.05) is 51.1 Å². The molecule has 1 heterocycles. The second kappa shape index (κ2) is 8.92. The summed E-state index contributed by atoms with van der Waals surface area (Å²) in [7, 11) is 0. The van der Waals surface area contributed by atoms with Gasteiger partial charge in [-0.3, -0.25) is 4.79 Å². The molecule has 0 fully saturated rings. The summed E-state index contributed by atoms with van der Waals surface area (Å²) in [5.41, 5.74) is 2.93. The summed E-state index contributed by atoms with van der Waals surface area (Å²) in [4.78, 5) is 27.8. The molecule has 154 valence electrons. The zero-order chi connectivity index (χ0) is 21.8. The minimum Gasteiger partial charge on any atom is -0.477 e. The lowest BCUT2D eigenvalue weighted by atomic mass is 10.0. The number of rotatable bonds is 6. The molecule has 30 heavy (non-hydrogen) atoms. The molecule has 3 rings (SSSR count). The Morgan fingerprint density at radius 3 is 2.40 bits per heavy atom. The Kier molecular flexibility index (Phi) is 6.32. The van der Waals surface area contributed by atoms with E-state index in [2.05, 4.69) is 5.16 Å². The summed E-state index contributed by atoms with van der Waals surface area (Å²) in [5, 5.41) is 21.9. The molecule has 0 atom stereocenters. The third kappa shape index (κ3) is 4.26. The van der Waals surface area contributed by atoms with E-state index in [-0.39, 0.29) is 16.8 Å². The van der Waals surface area contributed by atoms with Gasteiger partial charge in [-0.05, 0) is 44.5 Å². The number of nitrogens with zero attached hydrogens (tertiary/aromatic N) is 2. The van der Waals surface area contributed by atoms with Gasteiger partial charge in [0.2, 0.25) is 0 Å². The van der Waals surface area contributed by atoms with Crippen LogP contribution in [0.3, 0.4) is 0 Å². The van der Waals surface area contributed by atoms with E-state index in [0.717, 1.165) is 27.3 Å². The summed E-state index contributed by atoms with van der Waals surface area (Å²) in [5.74, 6) is -1.45. The van der Waals surface area contributed by atoms with Crippen LogP contribution in [-0.2, 0) is 0 Å². The van der Waals surface area contributed by atoms with Crippen molar-refractivity contribution < 1.29 is 19.9 Å². The number of thiophene rings is 1. The third-order valence-electron chi connectivity index (χ3n) is 4.59. The molecule has 0 saturated heterocycles. The molecule has 0 aliphatic carbocycles. The highest BCUT2D eigenvalue weighted by Gasteiger charge is 2.29. The first-order chi connectivity index (χ1) is 14.3. The molecule has 0 aliphatic heterocycles. The number of aromatic carboxylic acids is 1. The average Bonchev–Trinajstić information content (AvgIpc) is 3.14. The minimum absolute atomic E-state index is 0.0976. The molecule has 0 radical (unpaired) electrons. The Morgan fingerprint density at radius 1 is 1.10 bits per heavy atom. The van der Waals surface area contributed by atoms with Crippen molar-refractivity contribution in [2.45, 2.75) is 26.8 Å². The second-order valence-electron chi connectivity index (χ2n) is 7.10. The lowest BCUT2D eigenvalue weighted by Crippen LogP contribution is -2.38. The van der Waals surface area contributed by atoms with Crippen molar-refractivity contribution in [2.75, 3.05) is 4.90 Å². The number of carboxylic acids is 1. The molecule has 0 saturated carbocycles. The Bertz CT molecular complexity index is 1100. The predicted octanol–water partition coefficient (Wildman–Crippen LogP) is 5.29. The van der Waals surface area contributed by atoms with Crippen molar-refractivity contribution >= 4 is 35.1 Å². The van der Waals surface area contributed by atoms with E-state index < -0.39 is 5.97 Å². The quantitative estimate of drug-likeness (QED) is 0.321. The largest absolute Gasteiger partial charge is 0.477 e. The van der Waals surface area contributed by atoms with Crippen LogP contribution in [0.4, 0.5) is 5.69 Å². The predicted molar refractivity (Wildman–Crippen MR) is 119 cm³/mol. The first-order valence-corrected chi connectivity index (χ1v) is 10.2. The first kappa shape index (κ1) is 21.3. The molecule has 2 N–H and O–H groups in total. The van der Waals surface area contributed by atoms with Crippen molar-refractivity contribution in [1.29, 1.82) is 0 Å². The number of anilines is 1. The molecule has 0 bridgehead atoms. The lowest BCUT2D eigenvalue weighted by molar-refractivity contribution is 0.0703. The molecule has 7 heteroatoms. The van der Waals surface area contributed by atoms with Crippen LogP contribution in [0, 0.1) is 6.92 Å². The van der Waals surface area contributed by atoms with Gasteiger partial charge in [0.1, 0.15) is 4.88 Å². The lowest BCUT2D eigenvalue weighted by Gasteiger charge is -2.27. The highest BCUT2D eigenvalue weighted by Crippen LogP contribution is 2.38. The molecule has 1 amide bonds. The van der Waals surface area contributed by atoms with Crippen LogP contribution in [0.1, 0.15) is 45.0 Å². The van der Waals surface area contributed by atoms with E-state index in [9.17, 15) is 14.7 Å². The van der Waals surface area contributed by atoms with Gasteiger partial charge in [-0.2, -0.15) is 0 Å². The summed E-state index contributed by atoms with van der Waals surface area (Å²) < 4.78 is 0. The SMILES string of the molecule is Cc1ccc(C(=O)N(c2cc(-c3ccccc3)sc2C(=O)O)C(C)C)c(/C=N/O)c1. The van der Waals surface area contributed by atoms with E-state index in [0.29, 0.717) is 16.8 Å². The van der Waals surface area contributed by atoms with Crippen LogP contribution in [0.25, 0.3) is 10.4 Å². The molecule has 1 aromatic heterocycles. The zero-order valence-electron chi connectivity index (χ0n) is 16.9. The number of carboxylic acid groups (broad SMARTS) is 1. The Balaban J connectivity index is 2.15. The second-order valence-corrected chi connectivity index (χ2v) is 8.15. The van der Waals surface area contributed by atoms with Crippen LogP contribution in [0.2, 0.25) is 0 Å². The van der Waals surface area contributed by atoms with Gasteiger partial charge < -0.3 is 15.2 Å². The minimum atomic E-state index is -1.09.